The lowest BCUT2D eigenvalue weighted by Crippen LogP contribution is -2.18. The van der Waals surface area contributed by atoms with Gasteiger partial charge in [0, 0.05) is 29.9 Å². The highest BCUT2D eigenvalue weighted by Crippen LogP contribution is 2.37. The smallest absolute Gasteiger partial charge is 0.269 e. The van der Waals surface area contributed by atoms with Crippen molar-refractivity contribution < 1.29 is 4.79 Å². The fourth-order valence-corrected chi connectivity index (χ4v) is 3.69. The second-order valence-corrected chi connectivity index (χ2v) is 7.95. The molecular weight excluding hydrogens is 408 g/mol. The predicted molar refractivity (Wildman–Crippen MR) is 127 cm³/mol. The van der Waals surface area contributed by atoms with Gasteiger partial charge in [0.25, 0.3) is 5.91 Å². The summed E-state index contributed by atoms with van der Waals surface area (Å²) in [6.07, 6.45) is 1.70. The van der Waals surface area contributed by atoms with Crippen LogP contribution in [0, 0.1) is 20.8 Å². The lowest BCUT2D eigenvalue weighted by atomic mass is 10.0. The monoisotopic (exact) mass is 430 g/mol. The molecule has 0 radical (unpaired) electrons. The van der Waals surface area contributed by atoms with E-state index in [2.05, 4.69) is 58.7 Å². The van der Waals surface area contributed by atoms with E-state index in [-0.39, 0.29) is 5.91 Å². The van der Waals surface area contributed by atoms with E-state index < -0.39 is 0 Å². The summed E-state index contributed by atoms with van der Waals surface area (Å²) in [4.78, 5) is 20.7. The standard InChI is InChI=1S/C25H23ClN4O/c1-14-5-6-15(2)22(11-14)30-24-19-12-17(7-9-20(19)29-16(3)23(24)26)18-8-10-21(28-13-18)25(31)27-4/h5-13H,1-4H3,(H,27,31)(H,29,30). The molecule has 2 heterocycles. The summed E-state index contributed by atoms with van der Waals surface area (Å²) >= 11 is 6.70. The molecule has 1 amide bonds. The maximum atomic E-state index is 11.8. The molecule has 156 valence electrons. The molecule has 0 saturated carbocycles. The lowest BCUT2D eigenvalue weighted by molar-refractivity contribution is 0.0958. The average Bonchev–Trinajstić information content (AvgIpc) is 2.78. The van der Waals surface area contributed by atoms with Crippen LogP contribution >= 0.6 is 11.6 Å². The van der Waals surface area contributed by atoms with E-state index in [0.717, 1.165) is 44.7 Å². The molecule has 4 rings (SSSR count). The fraction of sp³-hybridized carbons (Fsp3) is 0.160. The third-order valence-electron chi connectivity index (χ3n) is 5.30. The van der Waals surface area contributed by atoms with Crippen LogP contribution in [-0.4, -0.2) is 22.9 Å². The molecule has 5 nitrogen and oxygen atoms in total. The summed E-state index contributed by atoms with van der Waals surface area (Å²) in [7, 11) is 1.59. The number of halogens is 1. The first kappa shape index (κ1) is 20.8. The number of nitrogens with zero attached hydrogens (tertiary/aromatic N) is 2. The SMILES string of the molecule is CNC(=O)c1ccc(-c2ccc3nc(C)c(Cl)c(Nc4cc(C)ccc4C)c3c2)cn1. The molecule has 4 aromatic rings. The van der Waals surface area contributed by atoms with Crippen molar-refractivity contribution in [1.29, 1.82) is 0 Å². The molecule has 2 aromatic heterocycles. The van der Waals surface area contributed by atoms with Gasteiger partial charge in [0.2, 0.25) is 0 Å². The van der Waals surface area contributed by atoms with Crippen LogP contribution in [0.3, 0.4) is 0 Å². The number of amides is 1. The van der Waals surface area contributed by atoms with Crippen LogP contribution in [0.15, 0.2) is 54.7 Å². The van der Waals surface area contributed by atoms with Crippen LogP contribution in [0.1, 0.15) is 27.3 Å². The van der Waals surface area contributed by atoms with Crippen molar-refractivity contribution in [1.82, 2.24) is 15.3 Å². The summed E-state index contributed by atoms with van der Waals surface area (Å²) in [5.74, 6) is -0.212. The average molecular weight is 431 g/mol. The van der Waals surface area contributed by atoms with Crippen LogP contribution in [0.5, 0.6) is 0 Å². The maximum absolute atomic E-state index is 11.8. The van der Waals surface area contributed by atoms with Crippen LogP contribution in [-0.2, 0) is 0 Å². The fourth-order valence-electron chi connectivity index (χ4n) is 3.50. The van der Waals surface area contributed by atoms with Crippen molar-refractivity contribution in [2.45, 2.75) is 20.8 Å². The molecule has 31 heavy (non-hydrogen) atoms. The molecule has 0 saturated heterocycles. The molecule has 2 N–H and O–H groups in total. The Morgan fingerprint density at radius 3 is 2.45 bits per heavy atom. The van der Waals surface area contributed by atoms with Crippen LogP contribution in [0.4, 0.5) is 11.4 Å². The summed E-state index contributed by atoms with van der Waals surface area (Å²) in [6.45, 7) is 6.04. The quantitative estimate of drug-likeness (QED) is 0.418. The lowest BCUT2D eigenvalue weighted by Gasteiger charge is -2.16. The van der Waals surface area contributed by atoms with Crippen molar-refractivity contribution in [2.24, 2.45) is 0 Å². The first-order chi connectivity index (χ1) is 14.9. The molecule has 6 heteroatoms. The number of rotatable bonds is 4. The van der Waals surface area contributed by atoms with E-state index >= 15 is 0 Å². The summed E-state index contributed by atoms with van der Waals surface area (Å²) in [6, 6.07) is 15.9. The third kappa shape index (κ3) is 4.09. The molecule has 0 aliphatic heterocycles. The largest absolute Gasteiger partial charge is 0.354 e. The minimum atomic E-state index is -0.212. The van der Waals surface area contributed by atoms with Crippen molar-refractivity contribution in [3.63, 3.8) is 0 Å². The molecule has 2 aromatic carbocycles. The first-order valence-corrected chi connectivity index (χ1v) is 10.4. The molecule has 0 aliphatic rings. The molecule has 0 spiro atoms. The molecule has 0 atom stereocenters. The van der Waals surface area contributed by atoms with Crippen LogP contribution in [0.2, 0.25) is 5.02 Å². The van der Waals surface area contributed by atoms with Gasteiger partial charge in [0.05, 0.1) is 21.9 Å². The minimum absolute atomic E-state index is 0.212. The molecule has 0 aliphatic carbocycles. The number of carbonyl (C=O) groups is 1. The predicted octanol–water partition coefficient (Wildman–Crippen LogP) is 5.98. The number of nitrogens with one attached hydrogen (secondary N) is 2. The Labute approximate surface area is 186 Å². The zero-order valence-corrected chi connectivity index (χ0v) is 18.6. The van der Waals surface area contributed by atoms with Crippen molar-refractivity contribution >= 4 is 39.8 Å². The Morgan fingerprint density at radius 1 is 0.968 bits per heavy atom. The third-order valence-corrected chi connectivity index (χ3v) is 5.76. The second-order valence-electron chi connectivity index (χ2n) is 7.57. The van der Waals surface area contributed by atoms with E-state index in [1.165, 1.54) is 5.56 Å². The highest BCUT2D eigenvalue weighted by molar-refractivity contribution is 6.35. The zero-order valence-electron chi connectivity index (χ0n) is 17.9. The zero-order chi connectivity index (χ0) is 22.1. The number of benzene rings is 2. The maximum Gasteiger partial charge on any atom is 0.269 e. The number of carbonyl (C=O) groups excluding carboxylic acids is 1. The van der Waals surface area contributed by atoms with E-state index in [0.29, 0.717) is 10.7 Å². The van der Waals surface area contributed by atoms with Gasteiger partial charge in [-0.25, -0.2) is 0 Å². The Kier molecular flexibility index (Phi) is 5.61. The van der Waals surface area contributed by atoms with Crippen molar-refractivity contribution in [3.8, 4) is 11.1 Å². The van der Waals surface area contributed by atoms with Gasteiger partial charge in [0.15, 0.2) is 0 Å². The van der Waals surface area contributed by atoms with E-state index in [1.807, 2.05) is 25.1 Å². The van der Waals surface area contributed by atoms with Gasteiger partial charge in [-0.15, -0.1) is 0 Å². The highest BCUT2D eigenvalue weighted by Gasteiger charge is 2.14. The van der Waals surface area contributed by atoms with Gasteiger partial charge in [-0.1, -0.05) is 35.9 Å². The van der Waals surface area contributed by atoms with E-state index in [4.69, 9.17) is 11.6 Å². The van der Waals surface area contributed by atoms with E-state index in [9.17, 15) is 4.79 Å². The number of fused-ring (bicyclic) bond motifs is 1. The summed E-state index contributed by atoms with van der Waals surface area (Å²) in [5.41, 5.74) is 8.02. The molecule has 0 unspecified atom stereocenters. The van der Waals surface area contributed by atoms with Gasteiger partial charge < -0.3 is 10.6 Å². The summed E-state index contributed by atoms with van der Waals surface area (Å²) in [5, 5.41) is 7.63. The van der Waals surface area contributed by atoms with Crippen LogP contribution in [0.25, 0.3) is 22.0 Å². The Balaban J connectivity index is 1.83. The van der Waals surface area contributed by atoms with Crippen LogP contribution < -0.4 is 10.6 Å². The topological polar surface area (TPSA) is 66.9 Å². The van der Waals surface area contributed by atoms with Crippen molar-refractivity contribution in [3.05, 3.63) is 82.3 Å². The normalized spacial score (nSPS) is 10.9. The Morgan fingerprint density at radius 2 is 1.74 bits per heavy atom. The van der Waals surface area contributed by atoms with Gasteiger partial charge in [-0.3, -0.25) is 14.8 Å². The molecular formula is C25H23ClN4O. The number of hydrogen-bond acceptors (Lipinski definition) is 4. The molecule has 0 bridgehead atoms. The number of aromatic nitrogens is 2. The number of anilines is 2. The van der Waals surface area contributed by atoms with Gasteiger partial charge in [-0.2, -0.15) is 0 Å². The van der Waals surface area contributed by atoms with E-state index in [1.54, 1.807) is 19.3 Å². The number of pyridine rings is 2. The first-order valence-electron chi connectivity index (χ1n) is 10.00. The summed E-state index contributed by atoms with van der Waals surface area (Å²) < 4.78 is 0. The highest BCUT2D eigenvalue weighted by atomic mass is 35.5. The Hall–Kier alpha value is -3.44. The second kappa shape index (κ2) is 8.36. The van der Waals surface area contributed by atoms with Crippen molar-refractivity contribution in [2.75, 3.05) is 12.4 Å². The number of hydrogen-bond donors (Lipinski definition) is 2. The van der Waals surface area contributed by atoms with Gasteiger partial charge in [0.1, 0.15) is 5.69 Å². The molecule has 0 fully saturated rings. The minimum Gasteiger partial charge on any atom is -0.354 e. The number of aryl methyl sites for hydroxylation is 3. The Bertz CT molecular complexity index is 1300. The van der Waals surface area contributed by atoms with Gasteiger partial charge >= 0.3 is 0 Å². The van der Waals surface area contributed by atoms with Gasteiger partial charge in [-0.05, 0) is 61.7 Å².